The highest BCUT2D eigenvalue weighted by molar-refractivity contribution is 5.77. The first-order chi connectivity index (χ1) is 13.5. The van der Waals surface area contributed by atoms with Gasteiger partial charge in [-0.25, -0.2) is 15.0 Å². The number of fused-ring (bicyclic) bond motifs is 2. The zero-order chi connectivity index (χ0) is 19.3. The first kappa shape index (κ1) is 16.8. The Morgan fingerprint density at radius 2 is 2.04 bits per heavy atom. The molecule has 28 heavy (non-hydrogen) atoms. The Labute approximate surface area is 163 Å². The third-order valence-corrected chi connectivity index (χ3v) is 5.07. The lowest BCUT2D eigenvalue weighted by atomic mass is 9.86. The second-order valence-electron chi connectivity index (χ2n) is 7.68. The van der Waals surface area contributed by atoms with Crippen LogP contribution in [0.1, 0.15) is 25.2 Å². The molecule has 7 heteroatoms. The zero-order valence-corrected chi connectivity index (χ0v) is 16.1. The molecule has 0 bridgehead atoms. The van der Waals surface area contributed by atoms with Gasteiger partial charge in [-0.05, 0) is 25.1 Å². The first-order valence-electron chi connectivity index (χ1n) is 9.26. The van der Waals surface area contributed by atoms with E-state index >= 15 is 0 Å². The fourth-order valence-corrected chi connectivity index (χ4v) is 3.66. The smallest absolute Gasteiger partial charge is 0.219 e. The van der Waals surface area contributed by atoms with Crippen LogP contribution >= 0.6 is 0 Å². The minimum atomic E-state index is -0.0889. The number of anilines is 3. The van der Waals surface area contributed by atoms with Crippen molar-refractivity contribution in [2.24, 2.45) is 0 Å². The SMILES string of the molecule is Cc1ncc2c(n1)N(c1ccc(Oc3cccc4c3C(C)(C)CO4)nc1)CN2. The molecule has 0 aliphatic carbocycles. The molecule has 0 radical (unpaired) electrons. The summed E-state index contributed by atoms with van der Waals surface area (Å²) < 4.78 is 11.9. The van der Waals surface area contributed by atoms with Crippen molar-refractivity contribution in [3.8, 4) is 17.4 Å². The number of aryl methyl sites for hydroxylation is 1. The summed E-state index contributed by atoms with van der Waals surface area (Å²) in [4.78, 5) is 15.3. The van der Waals surface area contributed by atoms with E-state index < -0.39 is 0 Å². The molecular formula is C21H21N5O2. The molecule has 1 N–H and O–H groups in total. The monoisotopic (exact) mass is 375 g/mol. The van der Waals surface area contributed by atoms with Crippen LogP contribution in [0.15, 0.2) is 42.7 Å². The predicted molar refractivity (Wildman–Crippen MR) is 107 cm³/mol. The van der Waals surface area contributed by atoms with Crippen LogP contribution in [0.4, 0.5) is 17.2 Å². The fourth-order valence-electron chi connectivity index (χ4n) is 3.66. The molecule has 2 aliphatic rings. The standard InChI is InChI=1S/C21H21N5O2/c1-13-22-10-15-20(25-13)26(12-24-15)14-7-8-18(23-9-14)28-17-6-4-5-16-19(17)21(2,3)11-27-16/h4-10,24H,11-12H2,1-3H3. The van der Waals surface area contributed by atoms with Gasteiger partial charge in [0.2, 0.25) is 5.88 Å². The summed E-state index contributed by atoms with van der Waals surface area (Å²) in [5.41, 5.74) is 2.87. The summed E-state index contributed by atoms with van der Waals surface area (Å²) in [6.45, 7) is 7.48. The van der Waals surface area contributed by atoms with Crippen molar-refractivity contribution in [3.63, 3.8) is 0 Å². The average molecular weight is 375 g/mol. The van der Waals surface area contributed by atoms with E-state index in [1.54, 1.807) is 6.20 Å². The molecule has 0 unspecified atom stereocenters. The minimum Gasteiger partial charge on any atom is -0.492 e. The summed E-state index contributed by atoms with van der Waals surface area (Å²) in [6, 6.07) is 9.75. The van der Waals surface area contributed by atoms with Crippen molar-refractivity contribution in [1.29, 1.82) is 0 Å². The van der Waals surface area contributed by atoms with Crippen LogP contribution < -0.4 is 19.7 Å². The van der Waals surface area contributed by atoms with Crippen LogP contribution in [0.2, 0.25) is 0 Å². The van der Waals surface area contributed by atoms with Gasteiger partial charge in [0.25, 0.3) is 0 Å². The summed E-state index contributed by atoms with van der Waals surface area (Å²) >= 11 is 0. The quantitative estimate of drug-likeness (QED) is 0.737. The van der Waals surface area contributed by atoms with Crippen LogP contribution in [0.25, 0.3) is 0 Å². The van der Waals surface area contributed by atoms with Crippen LogP contribution in [0.5, 0.6) is 17.4 Å². The molecule has 1 aromatic carbocycles. The van der Waals surface area contributed by atoms with E-state index in [1.807, 2.05) is 43.5 Å². The normalized spacial score (nSPS) is 16.2. The van der Waals surface area contributed by atoms with E-state index in [-0.39, 0.29) is 5.41 Å². The first-order valence-corrected chi connectivity index (χ1v) is 9.26. The summed E-state index contributed by atoms with van der Waals surface area (Å²) in [7, 11) is 0. The van der Waals surface area contributed by atoms with Crippen molar-refractivity contribution in [1.82, 2.24) is 15.0 Å². The van der Waals surface area contributed by atoms with E-state index in [9.17, 15) is 0 Å². The van der Waals surface area contributed by atoms with Gasteiger partial charge in [-0.2, -0.15) is 0 Å². The number of hydrogen-bond acceptors (Lipinski definition) is 7. The van der Waals surface area contributed by atoms with Gasteiger partial charge in [0.15, 0.2) is 5.82 Å². The van der Waals surface area contributed by atoms with Gasteiger partial charge in [-0.1, -0.05) is 19.9 Å². The third-order valence-electron chi connectivity index (χ3n) is 5.07. The molecule has 0 fully saturated rings. The maximum atomic E-state index is 6.11. The third kappa shape index (κ3) is 2.70. The average Bonchev–Trinajstić information content (AvgIpc) is 3.23. The van der Waals surface area contributed by atoms with Gasteiger partial charge in [0.05, 0.1) is 37.0 Å². The van der Waals surface area contributed by atoms with E-state index in [0.29, 0.717) is 19.2 Å². The molecule has 0 saturated heterocycles. The second-order valence-corrected chi connectivity index (χ2v) is 7.68. The van der Waals surface area contributed by atoms with Crippen molar-refractivity contribution < 1.29 is 9.47 Å². The molecule has 3 aromatic rings. The maximum absolute atomic E-state index is 6.11. The summed E-state index contributed by atoms with van der Waals surface area (Å²) in [5, 5.41) is 3.30. The maximum Gasteiger partial charge on any atom is 0.219 e. The molecule has 0 atom stereocenters. The number of aromatic nitrogens is 3. The summed E-state index contributed by atoms with van der Waals surface area (Å²) in [6.07, 6.45) is 3.61. The highest BCUT2D eigenvalue weighted by atomic mass is 16.5. The number of hydrogen-bond donors (Lipinski definition) is 1. The van der Waals surface area contributed by atoms with Gasteiger partial charge in [-0.15, -0.1) is 0 Å². The molecule has 2 aromatic heterocycles. The number of nitrogens with zero attached hydrogens (tertiary/aromatic N) is 4. The molecule has 2 aliphatic heterocycles. The fraction of sp³-hybridized carbons (Fsp3) is 0.286. The van der Waals surface area contributed by atoms with E-state index in [2.05, 4.69) is 39.0 Å². The highest BCUT2D eigenvalue weighted by Crippen LogP contribution is 2.45. The van der Waals surface area contributed by atoms with E-state index in [0.717, 1.165) is 40.1 Å². The second kappa shape index (κ2) is 6.09. The van der Waals surface area contributed by atoms with Crippen molar-refractivity contribution >= 4 is 17.2 Å². The highest BCUT2D eigenvalue weighted by Gasteiger charge is 2.35. The van der Waals surface area contributed by atoms with Gasteiger partial charge < -0.3 is 19.7 Å². The molecule has 0 saturated carbocycles. The van der Waals surface area contributed by atoms with Crippen molar-refractivity contribution in [2.75, 3.05) is 23.5 Å². The summed E-state index contributed by atoms with van der Waals surface area (Å²) in [5.74, 6) is 3.82. The topological polar surface area (TPSA) is 72.4 Å². The number of pyridine rings is 1. The van der Waals surface area contributed by atoms with Crippen LogP contribution in [0, 0.1) is 6.92 Å². The Kier molecular flexibility index (Phi) is 3.65. The number of benzene rings is 1. The van der Waals surface area contributed by atoms with Crippen molar-refractivity contribution in [3.05, 3.63) is 54.1 Å². The molecule has 7 nitrogen and oxygen atoms in total. The van der Waals surface area contributed by atoms with Gasteiger partial charge in [-0.3, -0.25) is 0 Å². The Balaban J connectivity index is 1.41. The van der Waals surface area contributed by atoms with Gasteiger partial charge >= 0.3 is 0 Å². The molecule has 4 heterocycles. The van der Waals surface area contributed by atoms with Crippen LogP contribution in [-0.4, -0.2) is 28.2 Å². The van der Waals surface area contributed by atoms with Crippen molar-refractivity contribution in [2.45, 2.75) is 26.2 Å². The molecule has 142 valence electrons. The lowest BCUT2D eigenvalue weighted by Gasteiger charge is -2.19. The van der Waals surface area contributed by atoms with Crippen LogP contribution in [-0.2, 0) is 5.41 Å². The minimum absolute atomic E-state index is 0.0889. The predicted octanol–water partition coefficient (Wildman–Crippen LogP) is 4.16. The number of rotatable bonds is 3. The van der Waals surface area contributed by atoms with E-state index in [1.165, 1.54) is 0 Å². The zero-order valence-electron chi connectivity index (χ0n) is 16.1. The van der Waals surface area contributed by atoms with Gasteiger partial charge in [0, 0.05) is 17.0 Å². The number of ether oxygens (including phenoxy) is 2. The Morgan fingerprint density at radius 3 is 2.86 bits per heavy atom. The Morgan fingerprint density at radius 1 is 1.14 bits per heavy atom. The molecular weight excluding hydrogens is 354 g/mol. The lowest BCUT2D eigenvalue weighted by Crippen LogP contribution is -2.19. The molecule has 0 spiro atoms. The largest absolute Gasteiger partial charge is 0.492 e. The molecule has 0 amide bonds. The molecule has 5 rings (SSSR count). The van der Waals surface area contributed by atoms with Crippen LogP contribution in [0.3, 0.4) is 0 Å². The van der Waals surface area contributed by atoms with Gasteiger partial charge in [0.1, 0.15) is 17.3 Å². The Bertz CT molecular complexity index is 1050. The number of nitrogens with one attached hydrogen (secondary N) is 1. The Hall–Kier alpha value is -3.35. The van der Waals surface area contributed by atoms with E-state index in [4.69, 9.17) is 9.47 Å². The lowest BCUT2D eigenvalue weighted by molar-refractivity contribution is 0.290.